The Balaban J connectivity index is 2.34. The number of carbonyl (C=O) groups is 2. The lowest BCUT2D eigenvalue weighted by Crippen LogP contribution is -2.39. The molecule has 0 heterocycles. The highest BCUT2D eigenvalue weighted by Crippen LogP contribution is 2.47. The average molecular weight is 525 g/mol. The van der Waals surface area contributed by atoms with E-state index in [9.17, 15) is 36.1 Å². The normalized spacial score (nSPS) is 14.6. The van der Waals surface area contributed by atoms with Gasteiger partial charge in [-0.3, -0.25) is 4.79 Å². The number of carbonyl (C=O) groups excluding carboxylic acids is 2. The molecule has 2 aromatic rings. The molecule has 0 fully saturated rings. The Hall–Kier alpha value is -3.18. The largest absolute Gasteiger partial charge is 0.513 e. The monoisotopic (exact) mass is 525 g/mol. The summed E-state index contributed by atoms with van der Waals surface area (Å²) in [6.45, 7) is 5.38. The molecular formula is C21H21F5NO7P. The van der Waals surface area contributed by atoms with Crippen molar-refractivity contribution < 1.29 is 54.6 Å². The zero-order chi connectivity index (χ0) is 26.5. The van der Waals surface area contributed by atoms with Gasteiger partial charge < -0.3 is 18.5 Å². The molecule has 0 aliphatic carbocycles. The zero-order valence-corrected chi connectivity index (χ0v) is 19.7. The van der Waals surface area contributed by atoms with Crippen molar-refractivity contribution in [2.45, 2.75) is 45.9 Å². The van der Waals surface area contributed by atoms with E-state index in [4.69, 9.17) is 14.0 Å². The molecule has 0 unspecified atom stereocenters. The molecule has 0 saturated carbocycles. The fourth-order valence-corrected chi connectivity index (χ4v) is 3.94. The van der Waals surface area contributed by atoms with Crippen molar-refractivity contribution >= 4 is 19.7 Å². The van der Waals surface area contributed by atoms with E-state index in [1.807, 2.05) is 5.09 Å². The van der Waals surface area contributed by atoms with E-state index in [0.717, 1.165) is 6.92 Å². The standard InChI is InChI=1S/C21H21F5NO7P/c1-10(2)31-21(29)12(4)32-20(28)11(3)27-35(30,33-13-8-6-5-7-9-13)34-19-17(25)15(23)14(22)16(24)18(19)26/h5-12H,1-4H3,(H,27,30)/t11-,12-,35+/m0/s1. The van der Waals surface area contributed by atoms with Crippen LogP contribution in [0.5, 0.6) is 11.5 Å². The predicted octanol–water partition coefficient (Wildman–Crippen LogP) is 4.81. The summed E-state index contributed by atoms with van der Waals surface area (Å²) in [5.74, 6) is -16.2. The molecule has 0 spiro atoms. The smallest absolute Gasteiger partial charge is 0.460 e. The summed E-state index contributed by atoms with van der Waals surface area (Å²) in [5, 5.41) is 2.00. The van der Waals surface area contributed by atoms with E-state index in [1.54, 1.807) is 13.8 Å². The molecule has 1 N–H and O–H groups in total. The van der Waals surface area contributed by atoms with Crippen LogP contribution in [0, 0.1) is 29.1 Å². The maximum atomic E-state index is 14.1. The minimum absolute atomic E-state index is 0.207. The van der Waals surface area contributed by atoms with Gasteiger partial charge >= 0.3 is 19.7 Å². The minimum Gasteiger partial charge on any atom is -0.460 e. The summed E-state index contributed by atoms with van der Waals surface area (Å²) < 4.78 is 102. The number of rotatable bonds is 10. The van der Waals surface area contributed by atoms with Crippen molar-refractivity contribution in [2.75, 3.05) is 0 Å². The fourth-order valence-electron chi connectivity index (χ4n) is 2.42. The third-order valence-electron chi connectivity index (χ3n) is 4.03. The van der Waals surface area contributed by atoms with Gasteiger partial charge in [-0.25, -0.2) is 22.5 Å². The Bertz CT molecular complexity index is 1100. The molecule has 35 heavy (non-hydrogen) atoms. The predicted molar refractivity (Wildman–Crippen MR) is 111 cm³/mol. The Labute approximate surface area is 196 Å². The number of halogens is 5. The van der Waals surface area contributed by atoms with Crippen LogP contribution >= 0.6 is 7.75 Å². The quantitative estimate of drug-likeness (QED) is 0.155. The van der Waals surface area contributed by atoms with Crippen molar-refractivity contribution in [3.8, 4) is 11.5 Å². The van der Waals surface area contributed by atoms with E-state index in [1.165, 1.54) is 37.3 Å². The first-order chi connectivity index (χ1) is 16.3. The molecular weight excluding hydrogens is 504 g/mol. The number of hydrogen-bond acceptors (Lipinski definition) is 7. The van der Waals surface area contributed by atoms with Gasteiger partial charge in [0.1, 0.15) is 11.8 Å². The van der Waals surface area contributed by atoms with Crippen molar-refractivity contribution in [2.24, 2.45) is 0 Å². The van der Waals surface area contributed by atoms with Gasteiger partial charge in [-0.1, -0.05) is 18.2 Å². The second kappa shape index (κ2) is 11.5. The summed E-state index contributed by atoms with van der Waals surface area (Å²) >= 11 is 0. The topological polar surface area (TPSA) is 100 Å². The maximum absolute atomic E-state index is 14.1. The van der Waals surface area contributed by atoms with E-state index >= 15 is 0 Å². The molecule has 2 rings (SSSR count). The van der Waals surface area contributed by atoms with E-state index in [2.05, 4.69) is 4.52 Å². The minimum atomic E-state index is -5.07. The molecule has 8 nitrogen and oxygen atoms in total. The highest BCUT2D eigenvalue weighted by molar-refractivity contribution is 7.52. The SMILES string of the molecule is CC(C)OC(=O)[C@H](C)OC(=O)[C@H](C)N[P@@](=O)(Oc1ccccc1)Oc1c(F)c(F)c(F)c(F)c1F. The molecule has 0 aromatic heterocycles. The number of benzene rings is 2. The van der Waals surface area contributed by atoms with Gasteiger partial charge in [0.15, 0.2) is 6.10 Å². The van der Waals surface area contributed by atoms with Crippen molar-refractivity contribution in [3.05, 3.63) is 59.4 Å². The lowest BCUT2D eigenvalue weighted by atomic mass is 10.3. The molecule has 0 amide bonds. The summed E-state index contributed by atoms with van der Waals surface area (Å²) in [7, 11) is -5.07. The molecule has 2 aromatic carbocycles. The van der Waals surface area contributed by atoms with Crippen LogP contribution in [0.1, 0.15) is 27.7 Å². The van der Waals surface area contributed by atoms with Crippen LogP contribution in [0.2, 0.25) is 0 Å². The van der Waals surface area contributed by atoms with Crippen molar-refractivity contribution in [3.63, 3.8) is 0 Å². The first kappa shape index (κ1) is 28.1. The zero-order valence-electron chi connectivity index (χ0n) is 18.8. The Kier molecular flexibility index (Phi) is 9.22. The summed E-state index contributed by atoms with van der Waals surface area (Å²) in [6, 6.07) is 5.22. The highest BCUT2D eigenvalue weighted by atomic mass is 31.2. The van der Waals surface area contributed by atoms with Crippen LogP contribution in [0.15, 0.2) is 30.3 Å². The number of nitrogens with one attached hydrogen (secondary N) is 1. The van der Waals surface area contributed by atoms with Gasteiger partial charge in [-0.15, -0.1) is 0 Å². The second-order valence-electron chi connectivity index (χ2n) is 7.31. The number of hydrogen-bond donors (Lipinski definition) is 1. The Morgan fingerprint density at radius 1 is 0.771 bits per heavy atom. The molecule has 0 aliphatic rings. The van der Waals surface area contributed by atoms with Gasteiger partial charge in [-0.05, 0) is 39.8 Å². The first-order valence-corrected chi connectivity index (χ1v) is 11.5. The summed E-state index contributed by atoms with van der Waals surface area (Å²) in [6.07, 6.45) is -1.90. The molecule has 192 valence electrons. The van der Waals surface area contributed by atoms with Crippen LogP contribution in [0.25, 0.3) is 0 Å². The second-order valence-corrected chi connectivity index (χ2v) is 8.93. The lowest BCUT2D eigenvalue weighted by Gasteiger charge is -2.24. The number of para-hydroxylation sites is 1. The maximum Gasteiger partial charge on any atom is 0.513 e. The van der Waals surface area contributed by atoms with Crippen LogP contribution in [0.3, 0.4) is 0 Å². The Morgan fingerprint density at radius 2 is 1.29 bits per heavy atom. The molecule has 0 aliphatic heterocycles. The van der Waals surface area contributed by atoms with E-state index in [-0.39, 0.29) is 5.75 Å². The highest BCUT2D eigenvalue weighted by Gasteiger charge is 2.39. The molecule has 0 radical (unpaired) electrons. The van der Waals surface area contributed by atoms with Crippen molar-refractivity contribution in [1.82, 2.24) is 5.09 Å². The van der Waals surface area contributed by atoms with Crippen LogP contribution in [-0.4, -0.2) is 30.2 Å². The molecule has 0 saturated heterocycles. The van der Waals surface area contributed by atoms with Gasteiger partial charge in [0.05, 0.1) is 6.10 Å². The molecule has 3 atom stereocenters. The fraction of sp³-hybridized carbons (Fsp3) is 0.333. The van der Waals surface area contributed by atoms with Gasteiger partial charge in [-0.2, -0.15) is 13.9 Å². The third-order valence-corrected chi connectivity index (χ3v) is 5.61. The van der Waals surface area contributed by atoms with Gasteiger partial charge in [0, 0.05) is 0 Å². The van der Waals surface area contributed by atoms with Gasteiger partial charge in [0.25, 0.3) is 0 Å². The summed E-state index contributed by atoms with van der Waals surface area (Å²) in [5.41, 5.74) is 0. The van der Waals surface area contributed by atoms with E-state index < -0.39 is 72.8 Å². The number of ether oxygens (including phenoxy) is 2. The lowest BCUT2D eigenvalue weighted by molar-refractivity contribution is -0.169. The number of esters is 2. The van der Waals surface area contributed by atoms with Gasteiger partial charge in [0.2, 0.25) is 34.8 Å². The molecule has 0 bridgehead atoms. The van der Waals surface area contributed by atoms with Crippen molar-refractivity contribution in [1.29, 1.82) is 0 Å². The van der Waals surface area contributed by atoms with Crippen LogP contribution < -0.4 is 14.1 Å². The van der Waals surface area contributed by atoms with Crippen LogP contribution in [0.4, 0.5) is 22.0 Å². The average Bonchev–Trinajstić information content (AvgIpc) is 2.79. The summed E-state index contributed by atoms with van der Waals surface area (Å²) in [4.78, 5) is 24.2. The first-order valence-electron chi connectivity index (χ1n) is 10.00. The third kappa shape index (κ3) is 7.15. The van der Waals surface area contributed by atoms with Crippen LogP contribution in [-0.2, 0) is 23.6 Å². The molecule has 14 heteroatoms. The Morgan fingerprint density at radius 3 is 1.80 bits per heavy atom. The van der Waals surface area contributed by atoms with E-state index in [0.29, 0.717) is 0 Å².